The number of fused-ring (bicyclic) bond motifs is 5. The summed E-state index contributed by atoms with van der Waals surface area (Å²) in [7, 11) is -0.208. The minimum absolute atomic E-state index is 0.104. The van der Waals surface area contributed by atoms with Crippen molar-refractivity contribution >= 4 is 37.0 Å². The number of epoxide rings is 1. The van der Waals surface area contributed by atoms with E-state index in [1.807, 2.05) is 53.2 Å². The maximum atomic E-state index is 16.2. The van der Waals surface area contributed by atoms with E-state index in [-0.39, 0.29) is 53.8 Å². The van der Waals surface area contributed by atoms with E-state index in [2.05, 4.69) is 45.8 Å². The highest BCUT2D eigenvalue weighted by Crippen LogP contribution is 2.54. The van der Waals surface area contributed by atoms with E-state index in [0.717, 1.165) is 46.8 Å². The van der Waals surface area contributed by atoms with Crippen molar-refractivity contribution in [2.75, 3.05) is 26.7 Å². The number of morpholine rings is 1. The van der Waals surface area contributed by atoms with Crippen LogP contribution in [0.4, 0.5) is 4.39 Å². The maximum Gasteiger partial charge on any atom is 0.348 e. The quantitative estimate of drug-likeness (QED) is 0.0969. The molecule has 2 bridgehead atoms. The maximum absolute atomic E-state index is 16.2. The van der Waals surface area contributed by atoms with Gasteiger partial charge < -0.3 is 23.5 Å². The number of carbonyl (C=O) groups excluding carboxylic acids is 1. The third-order valence-electron chi connectivity index (χ3n) is 12.4. The number of likely N-dealkylation sites (N-methyl/N-ethyl adjacent to an activating group) is 1. The molecule has 266 valence electrons. The van der Waals surface area contributed by atoms with Gasteiger partial charge in [0.1, 0.15) is 42.8 Å². The lowest BCUT2D eigenvalue weighted by Gasteiger charge is -2.49. The number of esters is 1. The average molecular weight is 728 g/mol. The van der Waals surface area contributed by atoms with Crippen molar-refractivity contribution in [3.05, 3.63) is 79.9 Å². The van der Waals surface area contributed by atoms with Crippen LogP contribution < -0.4 is 0 Å². The van der Waals surface area contributed by atoms with Crippen LogP contribution in [0.2, 0.25) is 18.1 Å². The van der Waals surface area contributed by atoms with Crippen LogP contribution in [0.25, 0.3) is 0 Å². The Morgan fingerprint density at radius 3 is 2.12 bits per heavy atom. The van der Waals surface area contributed by atoms with Crippen LogP contribution in [0.15, 0.2) is 53.2 Å². The molecule has 3 aromatic rings. The summed E-state index contributed by atoms with van der Waals surface area (Å²) in [6.07, 6.45) is 3.20. The first-order valence-electron chi connectivity index (χ1n) is 17.9. The molecule has 4 fully saturated rings. The molecule has 0 amide bonds. The Balaban J connectivity index is 1.11. The SMILES string of the molecule is CC(C)(C)[Si](C)(C)OC(C(=O)OC1CC2C3OC3C(C1)[N+]2(C)Cc1cccc(CN2CCC(CO)CC2)c1F)(c1cccs1)c1cccs1. The molecule has 4 saturated heterocycles. The molecule has 4 unspecified atom stereocenters. The first kappa shape index (κ1) is 35.4. The average Bonchev–Trinajstić information content (AvgIpc) is 3.35. The Morgan fingerprint density at radius 1 is 1.00 bits per heavy atom. The molecule has 49 heavy (non-hydrogen) atoms. The van der Waals surface area contributed by atoms with Crippen molar-refractivity contribution in [1.29, 1.82) is 0 Å². The monoisotopic (exact) mass is 727 g/mol. The number of benzene rings is 1. The molecule has 0 saturated carbocycles. The molecule has 4 aliphatic rings. The minimum Gasteiger partial charge on any atom is -0.459 e. The molecule has 7 rings (SSSR count). The van der Waals surface area contributed by atoms with Crippen molar-refractivity contribution in [3.8, 4) is 0 Å². The van der Waals surface area contributed by atoms with Crippen LogP contribution in [-0.2, 0) is 37.4 Å². The summed E-state index contributed by atoms with van der Waals surface area (Å²) in [5.41, 5.74) is 0.162. The molecule has 1 aromatic carbocycles. The Kier molecular flexibility index (Phi) is 9.56. The van der Waals surface area contributed by atoms with Crippen molar-refractivity contribution in [3.63, 3.8) is 0 Å². The predicted octanol–water partition coefficient (Wildman–Crippen LogP) is 7.29. The number of rotatable bonds is 11. The lowest BCUT2D eigenvalue weighted by atomic mass is 9.93. The highest BCUT2D eigenvalue weighted by molar-refractivity contribution is 7.12. The fraction of sp³-hybridized carbons (Fsp3) is 0.605. The van der Waals surface area contributed by atoms with Gasteiger partial charge in [0, 0.05) is 37.1 Å². The van der Waals surface area contributed by atoms with E-state index in [4.69, 9.17) is 13.9 Å². The largest absolute Gasteiger partial charge is 0.459 e. The summed E-state index contributed by atoms with van der Waals surface area (Å²) in [5, 5.41) is 13.4. The third-order valence-corrected chi connectivity index (χ3v) is 18.8. The van der Waals surface area contributed by atoms with Crippen LogP contribution in [-0.4, -0.2) is 85.9 Å². The summed E-state index contributed by atoms with van der Waals surface area (Å²) in [6.45, 7) is 14.1. The van der Waals surface area contributed by atoms with Gasteiger partial charge in [-0.15, -0.1) is 22.7 Å². The molecule has 4 aliphatic heterocycles. The van der Waals surface area contributed by atoms with Crippen molar-refractivity contribution in [1.82, 2.24) is 4.90 Å². The Morgan fingerprint density at radius 2 is 1.59 bits per heavy atom. The highest BCUT2D eigenvalue weighted by atomic mass is 32.1. The zero-order chi connectivity index (χ0) is 34.8. The van der Waals surface area contributed by atoms with E-state index in [1.54, 1.807) is 0 Å². The number of ether oxygens (including phenoxy) is 2. The number of aliphatic hydroxyl groups excluding tert-OH is 1. The second-order valence-electron chi connectivity index (χ2n) is 16.5. The van der Waals surface area contributed by atoms with Crippen LogP contribution in [0.3, 0.4) is 0 Å². The second kappa shape index (κ2) is 13.2. The van der Waals surface area contributed by atoms with E-state index in [0.29, 0.717) is 36.3 Å². The summed E-state index contributed by atoms with van der Waals surface area (Å²) in [6, 6.07) is 14.0. The Bertz CT molecular complexity index is 1570. The van der Waals surface area contributed by atoms with E-state index in [9.17, 15) is 9.90 Å². The normalized spacial score (nSPS) is 29.2. The number of hydrogen-bond acceptors (Lipinski definition) is 8. The molecule has 7 nitrogen and oxygen atoms in total. The van der Waals surface area contributed by atoms with Crippen molar-refractivity contribution in [2.24, 2.45) is 5.92 Å². The third kappa shape index (κ3) is 6.41. The Labute approximate surface area is 299 Å². The molecular weight excluding hydrogens is 676 g/mol. The molecule has 2 aromatic heterocycles. The van der Waals surface area contributed by atoms with Crippen LogP contribution >= 0.6 is 22.7 Å². The summed E-state index contributed by atoms with van der Waals surface area (Å²) < 4.78 is 36.8. The number of quaternary nitrogens is 1. The van der Waals surface area contributed by atoms with Gasteiger partial charge in [-0.3, -0.25) is 4.90 Å². The minimum atomic E-state index is -2.45. The van der Waals surface area contributed by atoms with Gasteiger partial charge >= 0.3 is 5.97 Å². The van der Waals surface area contributed by atoms with Crippen LogP contribution in [0, 0.1) is 11.7 Å². The molecule has 0 spiro atoms. The molecule has 0 radical (unpaired) electrons. The van der Waals surface area contributed by atoms with E-state index >= 15 is 4.39 Å². The van der Waals surface area contributed by atoms with Crippen LogP contribution in [0.5, 0.6) is 0 Å². The van der Waals surface area contributed by atoms with Gasteiger partial charge in [-0.2, -0.15) is 0 Å². The van der Waals surface area contributed by atoms with Gasteiger partial charge in [-0.05, 0) is 72.9 Å². The smallest absolute Gasteiger partial charge is 0.348 e. The number of thiophene rings is 2. The summed E-state index contributed by atoms with van der Waals surface area (Å²) >= 11 is 3.07. The molecule has 4 atom stereocenters. The van der Waals surface area contributed by atoms with Gasteiger partial charge in [0.15, 0.2) is 8.32 Å². The van der Waals surface area contributed by atoms with E-state index < -0.39 is 13.9 Å². The number of aliphatic hydroxyl groups is 1. The van der Waals surface area contributed by atoms with Gasteiger partial charge in [0.05, 0.1) is 16.8 Å². The topological polar surface area (TPSA) is 71.5 Å². The molecule has 11 heteroatoms. The zero-order valence-corrected chi connectivity index (χ0v) is 32.3. The molecule has 0 aliphatic carbocycles. The Hall–Kier alpha value is -1.96. The van der Waals surface area contributed by atoms with E-state index in [1.165, 1.54) is 22.7 Å². The van der Waals surface area contributed by atoms with Crippen molar-refractivity contribution in [2.45, 2.75) is 114 Å². The number of hydrogen-bond donors (Lipinski definition) is 1. The number of carbonyl (C=O) groups is 1. The first-order chi connectivity index (χ1) is 23.3. The number of likely N-dealkylation sites (tertiary alicyclic amines) is 1. The zero-order valence-electron chi connectivity index (χ0n) is 29.7. The fourth-order valence-corrected chi connectivity index (χ4v) is 11.7. The van der Waals surface area contributed by atoms with Gasteiger partial charge in [-0.1, -0.05) is 51.1 Å². The van der Waals surface area contributed by atoms with Gasteiger partial charge in [0.25, 0.3) is 0 Å². The standard InChI is InChI=1S/C38H52FN2O5S2Si/c1-37(2,3)49(5,6)46-38(31-12-8-18-47-31,32-13-9-19-48-32)36(43)44-28-20-29-34-35(45-34)30(21-28)41(29,4)23-27-11-7-10-26(33(27)39)22-40-16-14-25(24-42)15-17-40/h7-13,18-19,25,28-30,34-35,42H,14-17,20-24H2,1-6H3/q+1. The first-order valence-corrected chi connectivity index (χ1v) is 22.5. The second-order valence-corrected chi connectivity index (χ2v) is 23.1. The highest BCUT2D eigenvalue weighted by Gasteiger charge is 2.72. The predicted molar refractivity (Wildman–Crippen MR) is 194 cm³/mol. The number of piperidine rings is 2. The lowest BCUT2D eigenvalue weighted by Crippen LogP contribution is -2.62. The van der Waals surface area contributed by atoms with Crippen molar-refractivity contribution < 1.29 is 32.7 Å². The molecule has 6 heterocycles. The van der Waals surface area contributed by atoms with Gasteiger partial charge in [0.2, 0.25) is 5.60 Å². The molecular formula is C38H52FN2O5S2Si+. The van der Waals surface area contributed by atoms with Gasteiger partial charge in [-0.25, -0.2) is 9.18 Å². The number of nitrogens with zero attached hydrogens (tertiary/aromatic N) is 2. The summed E-state index contributed by atoms with van der Waals surface area (Å²) in [5.74, 6) is -0.0806. The summed E-state index contributed by atoms with van der Waals surface area (Å²) in [4.78, 5) is 18.8. The number of halogens is 1. The fourth-order valence-electron chi connectivity index (χ4n) is 8.39. The lowest BCUT2D eigenvalue weighted by molar-refractivity contribution is -0.968. The molecule has 1 N–H and O–H groups in total. The van der Waals surface area contributed by atoms with Crippen LogP contribution in [0.1, 0.15) is 67.3 Å².